The van der Waals surface area contributed by atoms with Crippen LogP contribution in [-0.4, -0.2) is 55.0 Å². The second-order valence-electron chi connectivity index (χ2n) is 8.59. The molecule has 2 amide bonds. The molecule has 5 heteroatoms. The lowest BCUT2D eigenvalue weighted by Crippen LogP contribution is -2.46. The van der Waals surface area contributed by atoms with E-state index in [2.05, 4.69) is 26.0 Å². The van der Waals surface area contributed by atoms with Crippen LogP contribution in [0.3, 0.4) is 0 Å². The standard InChI is InChI=1S/C27H36N2O3/c1-4-5-6-9-22-12-14-24(15-13-22)27(31)28(18-19-32-3)20-26(30)29-17-16-23-10-7-8-11-25(23)21(29)2/h7-8,10-15,21H,4-6,9,16-20H2,1-3H3. The van der Waals surface area contributed by atoms with Crippen LogP contribution in [-0.2, 0) is 22.4 Å². The highest BCUT2D eigenvalue weighted by Crippen LogP contribution is 2.29. The fourth-order valence-corrected chi connectivity index (χ4v) is 4.40. The number of unbranched alkanes of at least 4 members (excludes halogenated alkanes) is 2. The summed E-state index contributed by atoms with van der Waals surface area (Å²) < 4.78 is 5.21. The molecule has 0 radical (unpaired) electrons. The summed E-state index contributed by atoms with van der Waals surface area (Å²) in [7, 11) is 1.61. The smallest absolute Gasteiger partial charge is 0.254 e. The predicted molar refractivity (Wildman–Crippen MR) is 128 cm³/mol. The lowest BCUT2D eigenvalue weighted by atomic mass is 9.93. The van der Waals surface area contributed by atoms with Crippen molar-refractivity contribution in [3.05, 3.63) is 70.8 Å². The number of hydrogen-bond acceptors (Lipinski definition) is 3. The van der Waals surface area contributed by atoms with E-state index in [9.17, 15) is 9.59 Å². The van der Waals surface area contributed by atoms with E-state index in [1.54, 1.807) is 12.0 Å². The average molecular weight is 437 g/mol. The Morgan fingerprint density at radius 2 is 1.84 bits per heavy atom. The van der Waals surface area contributed by atoms with Crippen molar-refractivity contribution in [1.82, 2.24) is 9.80 Å². The molecule has 0 aromatic heterocycles. The minimum atomic E-state index is -0.124. The number of rotatable bonds is 10. The number of methoxy groups -OCH3 is 1. The molecule has 0 bridgehead atoms. The zero-order valence-corrected chi connectivity index (χ0v) is 19.7. The van der Waals surface area contributed by atoms with Crippen molar-refractivity contribution >= 4 is 11.8 Å². The molecule has 0 N–H and O–H groups in total. The van der Waals surface area contributed by atoms with Crippen LogP contribution in [0.25, 0.3) is 0 Å². The monoisotopic (exact) mass is 436 g/mol. The second kappa shape index (κ2) is 11.8. The van der Waals surface area contributed by atoms with Gasteiger partial charge in [0.15, 0.2) is 0 Å². The number of nitrogens with zero attached hydrogens (tertiary/aromatic N) is 2. The van der Waals surface area contributed by atoms with Gasteiger partial charge in [0.2, 0.25) is 5.91 Å². The first kappa shape index (κ1) is 24.0. The summed E-state index contributed by atoms with van der Waals surface area (Å²) >= 11 is 0. The van der Waals surface area contributed by atoms with Gasteiger partial charge in [0, 0.05) is 25.8 Å². The number of hydrogen-bond donors (Lipinski definition) is 0. The minimum Gasteiger partial charge on any atom is -0.383 e. The van der Waals surface area contributed by atoms with E-state index in [0.29, 0.717) is 25.3 Å². The minimum absolute atomic E-state index is 0.00855. The SMILES string of the molecule is CCCCCc1ccc(C(=O)N(CCOC)CC(=O)N2CCc3ccccc3C2C)cc1. The predicted octanol–water partition coefficient (Wildman–Crippen LogP) is 4.65. The normalized spacial score (nSPS) is 15.3. The van der Waals surface area contributed by atoms with Crippen molar-refractivity contribution in [2.75, 3.05) is 33.4 Å². The summed E-state index contributed by atoms with van der Waals surface area (Å²) in [5.74, 6) is -0.145. The van der Waals surface area contributed by atoms with Crippen molar-refractivity contribution in [3.63, 3.8) is 0 Å². The molecule has 32 heavy (non-hydrogen) atoms. The molecule has 0 aliphatic carbocycles. The third-order valence-corrected chi connectivity index (χ3v) is 6.36. The third kappa shape index (κ3) is 5.98. The maximum Gasteiger partial charge on any atom is 0.254 e. The molecular weight excluding hydrogens is 400 g/mol. The summed E-state index contributed by atoms with van der Waals surface area (Å²) in [6.45, 7) is 5.78. The Labute approximate surface area is 192 Å². The van der Waals surface area contributed by atoms with Crippen LogP contribution >= 0.6 is 0 Å². The highest BCUT2D eigenvalue weighted by atomic mass is 16.5. The highest BCUT2D eigenvalue weighted by molar-refractivity contribution is 5.96. The van der Waals surface area contributed by atoms with Gasteiger partial charge in [0.1, 0.15) is 6.54 Å². The van der Waals surface area contributed by atoms with Gasteiger partial charge in [0.05, 0.1) is 12.6 Å². The topological polar surface area (TPSA) is 49.9 Å². The number of amides is 2. The zero-order valence-electron chi connectivity index (χ0n) is 19.7. The molecule has 2 aromatic carbocycles. The summed E-state index contributed by atoms with van der Waals surface area (Å²) in [6, 6.07) is 16.1. The largest absolute Gasteiger partial charge is 0.383 e. The van der Waals surface area contributed by atoms with Crippen molar-refractivity contribution in [3.8, 4) is 0 Å². The third-order valence-electron chi connectivity index (χ3n) is 6.36. The van der Waals surface area contributed by atoms with Gasteiger partial charge in [-0.15, -0.1) is 0 Å². The van der Waals surface area contributed by atoms with Crippen molar-refractivity contribution in [1.29, 1.82) is 0 Å². The second-order valence-corrected chi connectivity index (χ2v) is 8.59. The van der Waals surface area contributed by atoms with Crippen LogP contribution in [0.5, 0.6) is 0 Å². The van der Waals surface area contributed by atoms with Gasteiger partial charge in [-0.25, -0.2) is 0 Å². The maximum absolute atomic E-state index is 13.2. The Bertz CT molecular complexity index is 894. The van der Waals surface area contributed by atoms with Crippen LogP contribution in [0.15, 0.2) is 48.5 Å². The van der Waals surface area contributed by atoms with Crippen LogP contribution in [0.4, 0.5) is 0 Å². The summed E-state index contributed by atoms with van der Waals surface area (Å²) in [4.78, 5) is 30.0. The van der Waals surface area contributed by atoms with Crippen molar-refractivity contribution in [2.45, 2.75) is 52.0 Å². The van der Waals surface area contributed by atoms with E-state index in [4.69, 9.17) is 4.74 Å². The number of aryl methyl sites for hydroxylation is 1. The Kier molecular flexibility index (Phi) is 8.86. The molecule has 0 saturated heterocycles. The number of carbonyl (C=O) groups is 2. The van der Waals surface area contributed by atoms with Crippen LogP contribution in [0, 0.1) is 0 Å². The fourth-order valence-electron chi connectivity index (χ4n) is 4.40. The van der Waals surface area contributed by atoms with E-state index >= 15 is 0 Å². The van der Waals surface area contributed by atoms with E-state index in [-0.39, 0.29) is 24.4 Å². The van der Waals surface area contributed by atoms with Crippen LogP contribution < -0.4 is 0 Å². The first-order valence-electron chi connectivity index (χ1n) is 11.8. The highest BCUT2D eigenvalue weighted by Gasteiger charge is 2.29. The molecule has 2 aromatic rings. The van der Waals surface area contributed by atoms with Gasteiger partial charge in [-0.3, -0.25) is 9.59 Å². The molecule has 1 atom stereocenters. The van der Waals surface area contributed by atoms with E-state index < -0.39 is 0 Å². The number of fused-ring (bicyclic) bond motifs is 1. The van der Waals surface area contributed by atoms with Crippen molar-refractivity contribution in [2.24, 2.45) is 0 Å². The first-order valence-corrected chi connectivity index (χ1v) is 11.8. The first-order chi connectivity index (χ1) is 15.5. The van der Waals surface area contributed by atoms with Gasteiger partial charge in [-0.2, -0.15) is 0 Å². The lowest BCUT2D eigenvalue weighted by Gasteiger charge is -2.36. The van der Waals surface area contributed by atoms with Gasteiger partial charge in [-0.05, 0) is 55.0 Å². The molecule has 1 unspecified atom stereocenters. The summed E-state index contributed by atoms with van der Waals surface area (Å²) in [5, 5.41) is 0. The molecular formula is C27H36N2O3. The van der Waals surface area contributed by atoms with E-state index in [0.717, 1.165) is 19.3 Å². The molecule has 5 nitrogen and oxygen atoms in total. The van der Waals surface area contributed by atoms with Crippen LogP contribution in [0.2, 0.25) is 0 Å². The lowest BCUT2D eigenvalue weighted by molar-refractivity contribution is -0.134. The summed E-state index contributed by atoms with van der Waals surface area (Å²) in [5.41, 5.74) is 4.36. The van der Waals surface area contributed by atoms with Gasteiger partial charge < -0.3 is 14.5 Å². The number of benzene rings is 2. The summed E-state index contributed by atoms with van der Waals surface area (Å²) in [6.07, 6.45) is 5.45. The molecule has 0 spiro atoms. The number of carbonyl (C=O) groups excluding carboxylic acids is 2. The molecule has 0 fully saturated rings. The zero-order chi connectivity index (χ0) is 22.9. The van der Waals surface area contributed by atoms with Crippen LogP contribution in [0.1, 0.15) is 66.2 Å². The molecule has 3 rings (SSSR count). The molecule has 1 aliphatic rings. The maximum atomic E-state index is 13.2. The molecule has 172 valence electrons. The Morgan fingerprint density at radius 1 is 1.09 bits per heavy atom. The molecule has 0 saturated carbocycles. The van der Waals surface area contributed by atoms with Gasteiger partial charge in [0.25, 0.3) is 5.91 Å². The van der Waals surface area contributed by atoms with Gasteiger partial charge >= 0.3 is 0 Å². The Hall–Kier alpha value is -2.66. The average Bonchev–Trinajstić information content (AvgIpc) is 2.82. The van der Waals surface area contributed by atoms with Gasteiger partial charge in [-0.1, -0.05) is 56.2 Å². The molecule has 1 aliphatic heterocycles. The van der Waals surface area contributed by atoms with E-state index in [1.807, 2.05) is 41.3 Å². The Morgan fingerprint density at radius 3 is 2.56 bits per heavy atom. The Balaban J connectivity index is 1.68. The quantitative estimate of drug-likeness (QED) is 0.509. The van der Waals surface area contributed by atoms with Crippen molar-refractivity contribution < 1.29 is 14.3 Å². The molecule has 1 heterocycles. The van der Waals surface area contributed by atoms with E-state index in [1.165, 1.54) is 29.5 Å². The number of ether oxygens (including phenoxy) is 1. The fraction of sp³-hybridized carbons (Fsp3) is 0.481.